The van der Waals surface area contributed by atoms with Gasteiger partial charge in [0.25, 0.3) is 5.91 Å². The summed E-state index contributed by atoms with van der Waals surface area (Å²) in [6.07, 6.45) is 0. The molecule has 0 aliphatic rings. The molecular formula is C20H19ClFN3O. The smallest absolute Gasteiger partial charge is 0.272 e. The van der Waals surface area contributed by atoms with E-state index in [0.29, 0.717) is 35.2 Å². The van der Waals surface area contributed by atoms with Crippen molar-refractivity contribution in [1.29, 1.82) is 0 Å². The van der Waals surface area contributed by atoms with Crippen molar-refractivity contribution in [3.63, 3.8) is 0 Å². The normalized spacial score (nSPS) is 10.8. The van der Waals surface area contributed by atoms with Crippen LogP contribution in [0.1, 0.15) is 24.3 Å². The van der Waals surface area contributed by atoms with Crippen LogP contribution in [0, 0.1) is 5.82 Å². The molecule has 1 amide bonds. The third kappa shape index (κ3) is 3.48. The molecule has 0 fully saturated rings. The first kappa shape index (κ1) is 18.1. The molecule has 4 nitrogen and oxygen atoms in total. The minimum Gasteiger partial charge on any atom is -0.338 e. The van der Waals surface area contributed by atoms with Crippen LogP contribution in [-0.4, -0.2) is 33.7 Å². The molecule has 0 atom stereocenters. The first-order chi connectivity index (χ1) is 12.5. The highest BCUT2D eigenvalue weighted by atomic mass is 35.5. The van der Waals surface area contributed by atoms with E-state index in [1.807, 2.05) is 32.0 Å². The molecule has 1 heterocycles. The van der Waals surface area contributed by atoms with Crippen LogP contribution in [0.4, 0.5) is 4.39 Å². The zero-order valence-electron chi connectivity index (χ0n) is 14.6. The van der Waals surface area contributed by atoms with E-state index >= 15 is 0 Å². The molecule has 0 N–H and O–H groups in total. The van der Waals surface area contributed by atoms with Crippen LogP contribution in [0.25, 0.3) is 16.9 Å². The summed E-state index contributed by atoms with van der Waals surface area (Å²) in [5, 5.41) is 5.07. The van der Waals surface area contributed by atoms with Crippen molar-refractivity contribution in [1.82, 2.24) is 14.7 Å². The molecule has 0 saturated carbocycles. The van der Waals surface area contributed by atoms with Gasteiger partial charge in [-0.1, -0.05) is 23.7 Å². The van der Waals surface area contributed by atoms with Gasteiger partial charge in [-0.25, -0.2) is 9.07 Å². The molecular weight excluding hydrogens is 353 g/mol. The second kappa shape index (κ2) is 7.70. The average molecular weight is 372 g/mol. The highest BCUT2D eigenvalue weighted by Crippen LogP contribution is 2.26. The third-order valence-corrected chi connectivity index (χ3v) is 4.52. The lowest BCUT2D eigenvalue weighted by Gasteiger charge is -2.19. The van der Waals surface area contributed by atoms with Gasteiger partial charge in [0.1, 0.15) is 11.5 Å². The maximum absolute atomic E-state index is 13.2. The predicted molar refractivity (Wildman–Crippen MR) is 101 cm³/mol. The van der Waals surface area contributed by atoms with Gasteiger partial charge in [0.15, 0.2) is 0 Å². The van der Waals surface area contributed by atoms with E-state index in [-0.39, 0.29) is 11.7 Å². The van der Waals surface area contributed by atoms with Gasteiger partial charge >= 0.3 is 0 Å². The van der Waals surface area contributed by atoms with Crippen molar-refractivity contribution in [3.8, 4) is 16.9 Å². The minimum absolute atomic E-state index is 0.129. The van der Waals surface area contributed by atoms with E-state index in [9.17, 15) is 9.18 Å². The standard InChI is InChI=1S/C20H19ClFN3O/c1-3-24(4-2)20(26)19-13-17(14-9-11-15(22)12-10-14)23-25(19)18-8-6-5-7-16(18)21/h5-13H,3-4H2,1-2H3. The summed E-state index contributed by atoms with van der Waals surface area (Å²) in [7, 11) is 0. The van der Waals surface area contributed by atoms with Crippen LogP contribution >= 0.6 is 11.6 Å². The Labute approximate surface area is 156 Å². The number of para-hydroxylation sites is 1. The number of amides is 1. The lowest BCUT2D eigenvalue weighted by molar-refractivity contribution is 0.0764. The van der Waals surface area contributed by atoms with Crippen LogP contribution in [0.5, 0.6) is 0 Å². The summed E-state index contributed by atoms with van der Waals surface area (Å²) >= 11 is 6.32. The molecule has 0 unspecified atom stereocenters. The average Bonchev–Trinajstić information content (AvgIpc) is 3.08. The van der Waals surface area contributed by atoms with Crippen LogP contribution in [0.3, 0.4) is 0 Å². The number of halogens is 2. The maximum atomic E-state index is 13.2. The number of rotatable bonds is 5. The Morgan fingerprint density at radius 3 is 2.38 bits per heavy atom. The third-order valence-electron chi connectivity index (χ3n) is 4.20. The molecule has 1 aromatic heterocycles. The van der Waals surface area contributed by atoms with Gasteiger partial charge in [-0.15, -0.1) is 0 Å². The van der Waals surface area contributed by atoms with E-state index in [4.69, 9.17) is 11.6 Å². The summed E-state index contributed by atoms with van der Waals surface area (Å²) in [5.41, 5.74) is 2.35. The largest absolute Gasteiger partial charge is 0.338 e. The van der Waals surface area contributed by atoms with Gasteiger partial charge in [-0.05, 0) is 56.3 Å². The Bertz CT molecular complexity index is 917. The van der Waals surface area contributed by atoms with Crippen molar-refractivity contribution in [3.05, 3.63) is 71.1 Å². The number of benzene rings is 2. The van der Waals surface area contributed by atoms with Gasteiger partial charge < -0.3 is 4.90 Å². The number of carbonyl (C=O) groups is 1. The van der Waals surface area contributed by atoms with E-state index in [2.05, 4.69) is 5.10 Å². The van der Waals surface area contributed by atoms with E-state index in [1.54, 1.807) is 33.8 Å². The minimum atomic E-state index is -0.321. The van der Waals surface area contributed by atoms with Gasteiger partial charge in [0.05, 0.1) is 16.4 Å². The highest BCUT2D eigenvalue weighted by molar-refractivity contribution is 6.32. The van der Waals surface area contributed by atoms with Crippen molar-refractivity contribution >= 4 is 17.5 Å². The van der Waals surface area contributed by atoms with Gasteiger partial charge in [0.2, 0.25) is 0 Å². The summed E-state index contributed by atoms with van der Waals surface area (Å²) in [6, 6.07) is 15.0. The molecule has 134 valence electrons. The molecule has 2 aromatic carbocycles. The summed E-state index contributed by atoms with van der Waals surface area (Å²) in [4.78, 5) is 14.7. The van der Waals surface area contributed by atoms with Crippen molar-refractivity contribution in [2.75, 3.05) is 13.1 Å². The van der Waals surface area contributed by atoms with Crippen molar-refractivity contribution in [2.24, 2.45) is 0 Å². The molecule has 0 radical (unpaired) electrons. The zero-order chi connectivity index (χ0) is 18.7. The Balaban J connectivity index is 2.16. The fraction of sp³-hybridized carbons (Fsp3) is 0.200. The number of hydrogen-bond acceptors (Lipinski definition) is 2. The molecule has 0 bridgehead atoms. The maximum Gasteiger partial charge on any atom is 0.272 e. The molecule has 3 aromatic rings. The quantitative estimate of drug-likeness (QED) is 0.645. The molecule has 3 rings (SSSR count). The second-order valence-electron chi connectivity index (χ2n) is 5.76. The van der Waals surface area contributed by atoms with Gasteiger partial charge in [-0.3, -0.25) is 4.79 Å². The molecule has 0 saturated heterocycles. The number of carbonyl (C=O) groups excluding carboxylic acids is 1. The van der Waals surface area contributed by atoms with E-state index in [0.717, 1.165) is 5.56 Å². The first-order valence-electron chi connectivity index (χ1n) is 8.45. The van der Waals surface area contributed by atoms with E-state index < -0.39 is 0 Å². The molecule has 26 heavy (non-hydrogen) atoms. The Hall–Kier alpha value is -2.66. The van der Waals surface area contributed by atoms with Gasteiger partial charge in [-0.2, -0.15) is 5.10 Å². The second-order valence-corrected chi connectivity index (χ2v) is 6.17. The number of hydrogen-bond donors (Lipinski definition) is 0. The number of aromatic nitrogens is 2. The lowest BCUT2D eigenvalue weighted by Crippen LogP contribution is -2.32. The van der Waals surface area contributed by atoms with Crippen molar-refractivity contribution < 1.29 is 9.18 Å². The Morgan fingerprint density at radius 1 is 1.12 bits per heavy atom. The molecule has 0 aliphatic heterocycles. The highest BCUT2D eigenvalue weighted by Gasteiger charge is 2.22. The summed E-state index contributed by atoms with van der Waals surface area (Å²) in [6.45, 7) is 5.04. The summed E-state index contributed by atoms with van der Waals surface area (Å²) in [5.74, 6) is -0.450. The monoisotopic (exact) mass is 371 g/mol. The molecule has 0 aliphatic carbocycles. The van der Waals surface area contributed by atoms with Crippen LogP contribution < -0.4 is 0 Å². The Kier molecular flexibility index (Phi) is 5.38. The van der Waals surface area contributed by atoms with Gasteiger partial charge in [0, 0.05) is 18.7 Å². The fourth-order valence-corrected chi connectivity index (χ4v) is 2.99. The van der Waals surface area contributed by atoms with Crippen molar-refractivity contribution in [2.45, 2.75) is 13.8 Å². The SMILES string of the molecule is CCN(CC)C(=O)c1cc(-c2ccc(F)cc2)nn1-c1ccccc1Cl. The summed E-state index contributed by atoms with van der Waals surface area (Å²) < 4.78 is 14.8. The molecule has 6 heteroatoms. The first-order valence-corrected chi connectivity index (χ1v) is 8.83. The van der Waals surface area contributed by atoms with Crippen LogP contribution in [-0.2, 0) is 0 Å². The van der Waals surface area contributed by atoms with E-state index in [1.165, 1.54) is 12.1 Å². The predicted octanol–water partition coefficient (Wildman–Crippen LogP) is 4.81. The lowest BCUT2D eigenvalue weighted by atomic mass is 10.1. The zero-order valence-corrected chi connectivity index (χ0v) is 15.4. The topological polar surface area (TPSA) is 38.1 Å². The molecule has 0 spiro atoms. The Morgan fingerprint density at radius 2 is 1.77 bits per heavy atom. The fourth-order valence-electron chi connectivity index (χ4n) is 2.78. The number of nitrogens with zero attached hydrogens (tertiary/aromatic N) is 3. The van der Waals surface area contributed by atoms with Crippen LogP contribution in [0.2, 0.25) is 5.02 Å². The van der Waals surface area contributed by atoms with Crippen LogP contribution in [0.15, 0.2) is 54.6 Å².